The second kappa shape index (κ2) is 5.36. The zero-order valence-electron chi connectivity index (χ0n) is 11.0. The number of aromatic nitrogens is 2. The van der Waals surface area contributed by atoms with E-state index >= 15 is 0 Å². The maximum atomic E-state index is 12.1. The number of carbonyl (C=O) groups is 1. The molecule has 98 valence electrons. The number of hydrogen-bond donors (Lipinski definition) is 1. The quantitative estimate of drug-likeness (QED) is 0.915. The molecule has 0 spiro atoms. The summed E-state index contributed by atoms with van der Waals surface area (Å²) < 4.78 is 0. The predicted octanol–water partition coefficient (Wildman–Crippen LogP) is 3.31. The molecule has 0 aliphatic heterocycles. The van der Waals surface area contributed by atoms with Crippen LogP contribution in [0.2, 0.25) is 5.02 Å². The summed E-state index contributed by atoms with van der Waals surface area (Å²) in [4.78, 5) is 20.4. The van der Waals surface area contributed by atoms with Gasteiger partial charge in [-0.3, -0.25) is 4.79 Å². The van der Waals surface area contributed by atoms with Crippen molar-refractivity contribution in [2.45, 2.75) is 20.8 Å². The number of carbonyl (C=O) groups excluding carboxylic acids is 1. The second-order valence-corrected chi connectivity index (χ2v) is 4.72. The summed E-state index contributed by atoms with van der Waals surface area (Å²) in [6, 6.07) is 7.04. The minimum Gasteiger partial charge on any atom is -0.320 e. The van der Waals surface area contributed by atoms with Gasteiger partial charge in [0.05, 0.1) is 0 Å². The first-order chi connectivity index (χ1) is 8.97. The van der Waals surface area contributed by atoms with Crippen molar-refractivity contribution in [3.8, 4) is 0 Å². The standard InChI is InChI=1S/C14H14ClN3O/c1-8-7-13(17-10(3)16-8)14(19)18-12-6-4-5-11(15)9(12)2/h4-7H,1-3H3,(H,18,19). The van der Waals surface area contributed by atoms with E-state index in [2.05, 4.69) is 15.3 Å². The highest BCUT2D eigenvalue weighted by molar-refractivity contribution is 6.31. The summed E-state index contributed by atoms with van der Waals surface area (Å²) in [6.07, 6.45) is 0. The van der Waals surface area contributed by atoms with Crippen molar-refractivity contribution in [3.63, 3.8) is 0 Å². The number of nitrogens with one attached hydrogen (secondary N) is 1. The van der Waals surface area contributed by atoms with E-state index in [-0.39, 0.29) is 5.91 Å². The van der Waals surface area contributed by atoms with Gasteiger partial charge in [0, 0.05) is 16.4 Å². The van der Waals surface area contributed by atoms with Gasteiger partial charge in [-0.1, -0.05) is 17.7 Å². The van der Waals surface area contributed by atoms with Crippen molar-refractivity contribution in [3.05, 3.63) is 52.1 Å². The normalized spacial score (nSPS) is 10.3. The van der Waals surface area contributed by atoms with Crippen LogP contribution < -0.4 is 5.32 Å². The van der Waals surface area contributed by atoms with Crippen LogP contribution in [0.15, 0.2) is 24.3 Å². The molecule has 0 saturated heterocycles. The Balaban J connectivity index is 2.28. The van der Waals surface area contributed by atoms with Crippen molar-refractivity contribution in [2.24, 2.45) is 0 Å². The third-order valence-electron chi connectivity index (χ3n) is 2.71. The molecule has 1 amide bonds. The Kier molecular flexibility index (Phi) is 3.81. The average molecular weight is 276 g/mol. The summed E-state index contributed by atoms with van der Waals surface area (Å²) in [5.74, 6) is 0.312. The fraction of sp³-hybridized carbons (Fsp3) is 0.214. The highest BCUT2D eigenvalue weighted by atomic mass is 35.5. The van der Waals surface area contributed by atoms with E-state index in [1.165, 1.54) is 0 Å². The Morgan fingerprint density at radius 2 is 1.95 bits per heavy atom. The average Bonchev–Trinajstić information content (AvgIpc) is 2.33. The van der Waals surface area contributed by atoms with E-state index in [1.54, 1.807) is 31.2 Å². The number of benzene rings is 1. The van der Waals surface area contributed by atoms with Gasteiger partial charge in [-0.25, -0.2) is 9.97 Å². The molecule has 1 aromatic carbocycles. The number of anilines is 1. The van der Waals surface area contributed by atoms with Crippen molar-refractivity contribution in [1.29, 1.82) is 0 Å². The van der Waals surface area contributed by atoms with Crippen LogP contribution in [0.25, 0.3) is 0 Å². The van der Waals surface area contributed by atoms with Crippen molar-refractivity contribution < 1.29 is 4.79 Å². The van der Waals surface area contributed by atoms with Crippen LogP contribution >= 0.6 is 11.6 Å². The van der Waals surface area contributed by atoms with E-state index in [1.807, 2.05) is 13.8 Å². The van der Waals surface area contributed by atoms with Gasteiger partial charge in [-0.05, 0) is 44.5 Å². The summed E-state index contributed by atoms with van der Waals surface area (Å²) >= 11 is 6.02. The van der Waals surface area contributed by atoms with Gasteiger partial charge >= 0.3 is 0 Å². The lowest BCUT2D eigenvalue weighted by Gasteiger charge is -2.09. The molecule has 5 heteroatoms. The van der Waals surface area contributed by atoms with Gasteiger partial charge in [-0.2, -0.15) is 0 Å². The van der Waals surface area contributed by atoms with Crippen LogP contribution in [0, 0.1) is 20.8 Å². The Bertz CT molecular complexity index is 620. The SMILES string of the molecule is Cc1cc(C(=O)Nc2cccc(Cl)c2C)nc(C)n1. The molecule has 0 bridgehead atoms. The monoisotopic (exact) mass is 275 g/mol. The Morgan fingerprint density at radius 3 is 2.63 bits per heavy atom. The lowest BCUT2D eigenvalue weighted by Crippen LogP contribution is -2.15. The van der Waals surface area contributed by atoms with Gasteiger partial charge in [0.1, 0.15) is 11.5 Å². The Morgan fingerprint density at radius 1 is 1.21 bits per heavy atom. The number of hydrogen-bond acceptors (Lipinski definition) is 3. The number of rotatable bonds is 2. The molecule has 4 nitrogen and oxygen atoms in total. The third kappa shape index (κ3) is 3.09. The van der Waals surface area contributed by atoms with Crippen LogP contribution in [-0.2, 0) is 0 Å². The summed E-state index contributed by atoms with van der Waals surface area (Å²) in [6.45, 7) is 5.44. The molecule has 0 aliphatic carbocycles. The lowest BCUT2D eigenvalue weighted by molar-refractivity contribution is 0.102. The zero-order chi connectivity index (χ0) is 14.0. The fourth-order valence-electron chi connectivity index (χ4n) is 1.76. The molecular formula is C14H14ClN3O. The molecule has 0 fully saturated rings. The molecule has 2 rings (SSSR count). The minimum absolute atomic E-state index is 0.265. The minimum atomic E-state index is -0.265. The van der Waals surface area contributed by atoms with E-state index in [9.17, 15) is 4.79 Å². The van der Waals surface area contributed by atoms with Crippen molar-refractivity contribution in [1.82, 2.24) is 9.97 Å². The molecular weight excluding hydrogens is 262 g/mol. The molecule has 2 aromatic rings. The molecule has 0 radical (unpaired) electrons. The molecule has 19 heavy (non-hydrogen) atoms. The molecule has 0 saturated carbocycles. The van der Waals surface area contributed by atoms with Crippen molar-refractivity contribution >= 4 is 23.2 Å². The lowest BCUT2D eigenvalue weighted by atomic mass is 10.2. The van der Waals surface area contributed by atoms with Gasteiger partial charge in [-0.15, -0.1) is 0 Å². The number of nitrogens with zero attached hydrogens (tertiary/aromatic N) is 2. The molecule has 0 aliphatic rings. The van der Waals surface area contributed by atoms with Gasteiger partial charge < -0.3 is 5.32 Å². The van der Waals surface area contributed by atoms with E-state index in [4.69, 9.17) is 11.6 Å². The third-order valence-corrected chi connectivity index (χ3v) is 3.12. The van der Waals surface area contributed by atoms with E-state index in [0.717, 1.165) is 11.3 Å². The molecule has 1 heterocycles. The first kappa shape index (κ1) is 13.5. The van der Waals surface area contributed by atoms with Gasteiger partial charge in [0.2, 0.25) is 0 Å². The molecule has 1 N–H and O–H groups in total. The van der Waals surface area contributed by atoms with Crippen LogP contribution in [0.3, 0.4) is 0 Å². The predicted molar refractivity (Wildman–Crippen MR) is 75.6 cm³/mol. The van der Waals surface area contributed by atoms with Crippen LogP contribution in [0.4, 0.5) is 5.69 Å². The molecule has 0 unspecified atom stereocenters. The number of halogens is 1. The summed E-state index contributed by atoms with van der Waals surface area (Å²) in [5, 5.41) is 3.43. The largest absolute Gasteiger partial charge is 0.320 e. The van der Waals surface area contributed by atoms with Crippen LogP contribution in [-0.4, -0.2) is 15.9 Å². The number of amides is 1. The Labute approximate surface area is 116 Å². The Hall–Kier alpha value is -1.94. The molecule has 1 aromatic heterocycles. The summed E-state index contributed by atoms with van der Waals surface area (Å²) in [7, 11) is 0. The first-order valence-corrected chi connectivity index (χ1v) is 6.24. The zero-order valence-corrected chi connectivity index (χ0v) is 11.7. The number of aryl methyl sites for hydroxylation is 2. The maximum absolute atomic E-state index is 12.1. The van der Waals surface area contributed by atoms with Gasteiger partial charge in [0.25, 0.3) is 5.91 Å². The van der Waals surface area contributed by atoms with Crippen LogP contribution in [0.5, 0.6) is 0 Å². The highest BCUT2D eigenvalue weighted by Gasteiger charge is 2.11. The highest BCUT2D eigenvalue weighted by Crippen LogP contribution is 2.23. The molecule has 0 atom stereocenters. The topological polar surface area (TPSA) is 54.9 Å². The van der Waals surface area contributed by atoms with E-state index in [0.29, 0.717) is 22.2 Å². The smallest absolute Gasteiger partial charge is 0.274 e. The summed E-state index contributed by atoms with van der Waals surface area (Å²) in [5.41, 5.74) is 2.64. The fourth-order valence-corrected chi connectivity index (χ4v) is 1.94. The second-order valence-electron chi connectivity index (χ2n) is 4.31. The van der Waals surface area contributed by atoms with Crippen LogP contribution in [0.1, 0.15) is 27.6 Å². The maximum Gasteiger partial charge on any atom is 0.274 e. The van der Waals surface area contributed by atoms with E-state index < -0.39 is 0 Å². The van der Waals surface area contributed by atoms with Gasteiger partial charge in [0.15, 0.2) is 0 Å². The van der Waals surface area contributed by atoms with Crippen molar-refractivity contribution in [2.75, 3.05) is 5.32 Å². The first-order valence-electron chi connectivity index (χ1n) is 5.86.